The Labute approximate surface area is 157 Å². The van der Waals surface area contributed by atoms with Crippen molar-refractivity contribution < 1.29 is 19.7 Å². The number of nitrogen functional groups attached to an aromatic ring is 1. The molecule has 0 aliphatic carbocycles. The highest BCUT2D eigenvalue weighted by Gasteiger charge is 2.37. The van der Waals surface area contributed by atoms with Gasteiger partial charge in [-0.1, -0.05) is 11.6 Å². The molecule has 3 atom stereocenters. The third kappa shape index (κ3) is 3.23. The van der Waals surface area contributed by atoms with Crippen molar-refractivity contribution in [2.75, 3.05) is 12.3 Å². The number of nitrogens with one attached hydrogen (secondary N) is 1. The number of aromatic amines is 1. The molecule has 1 aliphatic rings. The van der Waals surface area contributed by atoms with E-state index < -0.39 is 24.0 Å². The van der Waals surface area contributed by atoms with Crippen LogP contribution in [0.1, 0.15) is 12.6 Å². The van der Waals surface area contributed by atoms with Crippen molar-refractivity contribution >= 4 is 28.7 Å². The number of nitrogens with zero attached hydrogens (tertiary/aromatic N) is 3. The van der Waals surface area contributed by atoms with E-state index in [0.29, 0.717) is 10.8 Å². The van der Waals surface area contributed by atoms with Crippen LogP contribution in [-0.4, -0.2) is 48.5 Å². The van der Waals surface area contributed by atoms with E-state index >= 15 is 0 Å². The molecule has 27 heavy (non-hydrogen) atoms. The topological polar surface area (TPSA) is 149 Å². The Morgan fingerprint density at radius 1 is 1.37 bits per heavy atom. The van der Waals surface area contributed by atoms with Crippen LogP contribution in [0.25, 0.3) is 11.2 Å². The van der Waals surface area contributed by atoms with Crippen LogP contribution in [0.2, 0.25) is 5.02 Å². The van der Waals surface area contributed by atoms with Gasteiger partial charge in [0.15, 0.2) is 11.2 Å². The van der Waals surface area contributed by atoms with Crippen LogP contribution in [0.4, 0.5) is 5.95 Å². The number of H-pyrrole nitrogens is 1. The number of imidazole rings is 1. The van der Waals surface area contributed by atoms with Gasteiger partial charge in [-0.3, -0.25) is 14.3 Å². The Bertz CT molecular complexity index is 1030. The number of benzene rings is 1. The van der Waals surface area contributed by atoms with E-state index in [9.17, 15) is 15.0 Å². The van der Waals surface area contributed by atoms with Crippen molar-refractivity contribution in [2.24, 2.45) is 0 Å². The number of hydrogen-bond donors (Lipinski definition) is 4. The largest absolute Gasteiger partial charge is 0.425 e. The van der Waals surface area contributed by atoms with Gasteiger partial charge in [-0.15, -0.1) is 0 Å². The van der Waals surface area contributed by atoms with Gasteiger partial charge in [0.1, 0.15) is 18.1 Å². The SMILES string of the molecule is Nc1nc2c(nc(Oc3ccc(Cl)cc3)n2[C@H]2C[C@H](O)[C@@H](CO)O2)c(=O)[nH]1. The molecule has 0 bridgehead atoms. The van der Waals surface area contributed by atoms with Gasteiger partial charge in [-0.2, -0.15) is 9.97 Å². The maximum absolute atomic E-state index is 12.2. The Balaban J connectivity index is 1.83. The number of halogens is 1. The van der Waals surface area contributed by atoms with E-state index in [0.717, 1.165) is 0 Å². The molecular weight excluding hydrogens is 378 g/mol. The lowest BCUT2D eigenvalue weighted by molar-refractivity contribution is -0.0447. The maximum Gasteiger partial charge on any atom is 0.306 e. The molecule has 4 rings (SSSR count). The van der Waals surface area contributed by atoms with Crippen LogP contribution in [0.5, 0.6) is 11.8 Å². The van der Waals surface area contributed by atoms with E-state index in [1.54, 1.807) is 24.3 Å². The molecule has 0 spiro atoms. The molecule has 3 heterocycles. The first-order valence-corrected chi connectivity index (χ1v) is 8.49. The summed E-state index contributed by atoms with van der Waals surface area (Å²) in [5.74, 6) is 0.335. The first kappa shape index (κ1) is 17.7. The van der Waals surface area contributed by atoms with Gasteiger partial charge >= 0.3 is 6.01 Å². The van der Waals surface area contributed by atoms with Crippen LogP contribution >= 0.6 is 11.6 Å². The number of rotatable bonds is 4. The second kappa shape index (κ2) is 6.82. The highest BCUT2D eigenvalue weighted by atomic mass is 35.5. The number of ether oxygens (including phenoxy) is 2. The monoisotopic (exact) mass is 393 g/mol. The summed E-state index contributed by atoms with van der Waals surface area (Å²) in [6.07, 6.45) is -2.25. The molecule has 0 saturated carbocycles. The van der Waals surface area contributed by atoms with Gasteiger partial charge in [0.05, 0.1) is 12.7 Å². The smallest absolute Gasteiger partial charge is 0.306 e. The molecular formula is C16H16ClN5O5. The van der Waals surface area contributed by atoms with E-state index in [1.807, 2.05) is 0 Å². The Morgan fingerprint density at radius 3 is 2.78 bits per heavy atom. The number of anilines is 1. The normalized spacial score (nSPS) is 22.4. The minimum Gasteiger partial charge on any atom is -0.425 e. The standard InChI is InChI=1S/C16H16ClN5O5/c17-7-1-3-8(4-2-7)26-16-19-12-13(20-15(18)21-14(12)25)22(16)11-5-9(24)10(6-23)27-11/h1-4,9-11,23-24H,5-6H2,(H3,18,20,21,25)/t9-,10+,11+/m0/s1. The average Bonchev–Trinajstić information content (AvgIpc) is 3.17. The zero-order valence-electron chi connectivity index (χ0n) is 13.9. The lowest BCUT2D eigenvalue weighted by Gasteiger charge is -2.16. The summed E-state index contributed by atoms with van der Waals surface area (Å²) < 4.78 is 12.9. The molecule has 1 aliphatic heterocycles. The molecule has 1 fully saturated rings. The predicted molar refractivity (Wildman–Crippen MR) is 95.7 cm³/mol. The van der Waals surface area contributed by atoms with E-state index in [-0.39, 0.29) is 36.2 Å². The molecule has 0 radical (unpaired) electrons. The molecule has 5 N–H and O–H groups in total. The van der Waals surface area contributed by atoms with Crippen molar-refractivity contribution in [3.8, 4) is 11.8 Å². The molecule has 1 saturated heterocycles. The van der Waals surface area contributed by atoms with Crippen LogP contribution in [0, 0.1) is 0 Å². The van der Waals surface area contributed by atoms with Gasteiger partial charge in [-0.25, -0.2) is 0 Å². The minimum absolute atomic E-state index is 0.0127. The number of nitrogens with two attached hydrogens (primary N) is 1. The molecule has 1 aromatic carbocycles. The summed E-state index contributed by atoms with van der Waals surface area (Å²) in [5, 5.41) is 19.9. The number of aliphatic hydroxyl groups is 2. The van der Waals surface area contributed by atoms with Crippen molar-refractivity contribution in [3.05, 3.63) is 39.6 Å². The molecule has 10 nitrogen and oxygen atoms in total. The third-order valence-corrected chi connectivity index (χ3v) is 4.48. The molecule has 3 aromatic rings. The number of aliphatic hydroxyl groups excluding tert-OH is 2. The third-order valence-electron chi connectivity index (χ3n) is 4.23. The summed E-state index contributed by atoms with van der Waals surface area (Å²) in [6, 6.07) is 6.60. The van der Waals surface area contributed by atoms with Crippen molar-refractivity contribution in [1.29, 1.82) is 0 Å². The average molecular weight is 394 g/mol. The highest BCUT2D eigenvalue weighted by molar-refractivity contribution is 6.30. The molecule has 2 aromatic heterocycles. The van der Waals surface area contributed by atoms with E-state index in [2.05, 4.69) is 15.0 Å². The fourth-order valence-corrected chi connectivity index (χ4v) is 3.08. The summed E-state index contributed by atoms with van der Waals surface area (Å²) in [7, 11) is 0. The van der Waals surface area contributed by atoms with Crippen molar-refractivity contribution in [1.82, 2.24) is 19.5 Å². The summed E-state index contributed by atoms with van der Waals surface area (Å²) in [6.45, 7) is -0.353. The Morgan fingerprint density at radius 2 is 2.11 bits per heavy atom. The Kier molecular flexibility index (Phi) is 4.48. The van der Waals surface area contributed by atoms with Gasteiger partial charge in [0, 0.05) is 11.4 Å². The van der Waals surface area contributed by atoms with Crippen LogP contribution in [0.15, 0.2) is 29.1 Å². The van der Waals surface area contributed by atoms with E-state index in [1.165, 1.54) is 4.57 Å². The lowest BCUT2D eigenvalue weighted by Crippen LogP contribution is -2.24. The van der Waals surface area contributed by atoms with Crippen molar-refractivity contribution in [3.63, 3.8) is 0 Å². The Hall–Kier alpha value is -2.66. The molecule has 0 amide bonds. The molecule has 142 valence electrons. The summed E-state index contributed by atoms with van der Waals surface area (Å²) in [4.78, 5) is 22.9. The summed E-state index contributed by atoms with van der Waals surface area (Å²) >= 11 is 5.88. The second-order valence-corrected chi connectivity index (χ2v) is 6.49. The molecule has 11 heteroatoms. The second-order valence-electron chi connectivity index (χ2n) is 6.06. The fourth-order valence-electron chi connectivity index (χ4n) is 2.96. The predicted octanol–water partition coefficient (Wildman–Crippen LogP) is 0.788. The van der Waals surface area contributed by atoms with Gasteiger partial charge in [0.25, 0.3) is 5.56 Å². The lowest BCUT2D eigenvalue weighted by atomic mass is 10.2. The van der Waals surface area contributed by atoms with Gasteiger partial charge < -0.3 is 25.4 Å². The minimum atomic E-state index is -0.889. The fraction of sp³-hybridized carbons (Fsp3) is 0.312. The maximum atomic E-state index is 12.2. The summed E-state index contributed by atoms with van der Waals surface area (Å²) in [5.41, 5.74) is 5.29. The van der Waals surface area contributed by atoms with Gasteiger partial charge in [0.2, 0.25) is 5.95 Å². The zero-order valence-corrected chi connectivity index (χ0v) is 14.6. The number of hydrogen-bond acceptors (Lipinski definition) is 8. The van der Waals surface area contributed by atoms with Crippen molar-refractivity contribution in [2.45, 2.75) is 24.9 Å². The number of aromatic nitrogens is 4. The first-order valence-electron chi connectivity index (χ1n) is 8.12. The van der Waals surface area contributed by atoms with Crippen LogP contribution < -0.4 is 16.0 Å². The first-order chi connectivity index (χ1) is 13.0. The quantitative estimate of drug-likeness (QED) is 0.508. The van der Waals surface area contributed by atoms with Gasteiger partial charge in [-0.05, 0) is 24.3 Å². The zero-order chi connectivity index (χ0) is 19.1. The molecule has 0 unspecified atom stereocenters. The number of fused-ring (bicyclic) bond motifs is 1. The van der Waals surface area contributed by atoms with Crippen LogP contribution in [0.3, 0.4) is 0 Å². The van der Waals surface area contributed by atoms with Crippen LogP contribution in [-0.2, 0) is 4.74 Å². The highest BCUT2D eigenvalue weighted by Crippen LogP contribution is 2.35. The van der Waals surface area contributed by atoms with E-state index in [4.69, 9.17) is 26.8 Å².